The number of anilines is 1. The molecule has 0 aliphatic carbocycles. The molecular formula is C28H43N7O7. The van der Waals surface area contributed by atoms with Crippen molar-refractivity contribution in [2.24, 2.45) is 0 Å². The van der Waals surface area contributed by atoms with Crippen LogP contribution in [0, 0.1) is 0 Å². The number of ether oxygens (including phenoxy) is 1. The number of aromatic amines is 1. The second kappa shape index (κ2) is 17.5. The minimum atomic E-state index is -1.61. The number of rotatable bonds is 17. The van der Waals surface area contributed by atoms with Gasteiger partial charge in [-0.05, 0) is 12.8 Å². The summed E-state index contributed by atoms with van der Waals surface area (Å²) in [7, 11) is 0. The molecule has 0 unspecified atom stereocenters. The molecule has 1 aliphatic heterocycles. The number of carbonyl (C=O) groups is 2. The standard InChI is InChI=1S/C28H43N7O7/c1-2-3-4-5-6-7-8-9-10-11-12-13-19(38)29-14-20(39)34-21-23(40)24(41)28(42-25(21)18(37)15-36)35-27-22-26(31-16-30-22)32-17-33-27/h10-13,16-18,21,23-25,28,36-37,40-41H,2-9,14-15H2,1H3,(H,29,38)(H,34,39)(H2,30,31,32,33,35)/b11-10+,13-12-/t18-,21-,23+,24+,25-,28-/m1/s1. The fourth-order valence-electron chi connectivity index (χ4n) is 4.65. The van der Waals surface area contributed by atoms with Crippen molar-refractivity contribution in [1.82, 2.24) is 30.6 Å². The maximum Gasteiger partial charge on any atom is 0.244 e. The lowest BCUT2D eigenvalue weighted by Crippen LogP contribution is -2.68. The van der Waals surface area contributed by atoms with Crippen molar-refractivity contribution >= 4 is 28.8 Å². The second-order valence-corrected chi connectivity index (χ2v) is 10.2. The third-order valence-corrected chi connectivity index (χ3v) is 6.97. The van der Waals surface area contributed by atoms with E-state index >= 15 is 0 Å². The van der Waals surface area contributed by atoms with E-state index in [2.05, 4.69) is 42.8 Å². The quantitative estimate of drug-likeness (QED) is 0.0719. The van der Waals surface area contributed by atoms with Crippen LogP contribution in [-0.2, 0) is 14.3 Å². The van der Waals surface area contributed by atoms with Crippen molar-refractivity contribution in [2.45, 2.75) is 95.0 Å². The molecule has 1 saturated heterocycles. The summed E-state index contributed by atoms with van der Waals surface area (Å²) in [5.74, 6) is -0.961. The highest BCUT2D eigenvalue weighted by Gasteiger charge is 2.48. The number of imidazole rings is 1. The number of nitrogens with one attached hydrogen (secondary N) is 4. The highest BCUT2D eigenvalue weighted by Crippen LogP contribution is 2.26. The van der Waals surface area contributed by atoms with E-state index in [-0.39, 0.29) is 5.82 Å². The number of aliphatic hydroxyl groups is 4. The van der Waals surface area contributed by atoms with Crippen molar-refractivity contribution in [3.05, 3.63) is 37.0 Å². The molecule has 2 aromatic rings. The Morgan fingerprint density at radius 2 is 1.83 bits per heavy atom. The molecule has 2 amide bonds. The highest BCUT2D eigenvalue weighted by molar-refractivity contribution is 5.91. The van der Waals surface area contributed by atoms with E-state index in [1.54, 1.807) is 12.2 Å². The zero-order valence-electron chi connectivity index (χ0n) is 23.9. The third-order valence-electron chi connectivity index (χ3n) is 6.97. The number of unbranched alkanes of at least 4 members (excludes halogenated alkanes) is 7. The van der Waals surface area contributed by atoms with Crippen molar-refractivity contribution in [3.8, 4) is 0 Å². The molecule has 0 saturated carbocycles. The first kappa shape index (κ1) is 33.1. The minimum absolute atomic E-state index is 0.219. The van der Waals surface area contributed by atoms with Gasteiger partial charge < -0.3 is 46.1 Å². The summed E-state index contributed by atoms with van der Waals surface area (Å²) in [5.41, 5.74) is 0.776. The lowest BCUT2D eigenvalue weighted by atomic mass is 9.92. The molecule has 232 valence electrons. The molecule has 2 aromatic heterocycles. The number of nitrogens with zero attached hydrogens (tertiary/aromatic N) is 3. The fraction of sp³-hybridized carbons (Fsp3) is 0.607. The molecule has 14 nitrogen and oxygen atoms in total. The Hall–Kier alpha value is -3.43. The van der Waals surface area contributed by atoms with Crippen LogP contribution in [0.25, 0.3) is 11.2 Å². The van der Waals surface area contributed by atoms with Crippen molar-refractivity contribution < 1.29 is 34.8 Å². The zero-order chi connectivity index (χ0) is 30.3. The van der Waals surface area contributed by atoms with E-state index in [4.69, 9.17) is 4.74 Å². The molecular weight excluding hydrogens is 546 g/mol. The fourth-order valence-corrected chi connectivity index (χ4v) is 4.65. The monoisotopic (exact) mass is 589 g/mol. The van der Waals surface area contributed by atoms with Crippen molar-refractivity contribution in [2.75, 3.05) is 18.5 Å². The van der Waals surface area contributed by atoms with Crippen LogP contribution in [0.5, 0.6) is 0 Å². The number of fused-ring (bicyclic) bond motifs is 1. The van der Waals surface area contributed by atoms with Gasteiger partial charge in [0.25, 0.3) is 0 Å². The van der Waals surface area contributed by atoms with Crippen LogP contribution in [0.15, 0.2) is 37.0 Å². The van der Waals surface area contributed by atoms with Crippen LogP contribution in [0.4, 0.5) is 5.82 Å². The second-order valence-electron chi connectivity index (χ2n) is 10.2. The summed E-state index contributed by atoms with van der Waals surface area (Å²) in [6.45, 7) is 1.04. The Bertz CT molecular complexity index is 1170. The Labute approximate surface area is 244 Å². The Morgan fingerprint density at radius 1 is 1.07 bits per heavy atom. The lowest BCUT2D eigenvalue weighted by Gasteiger charge is -2.44. The van der Waals surface area contributed by atoms with Crippen LogP contribution >= 0.6 is 0 Å². The largest absolute Gasteiger partial charge is 0.394 e. The van der Waals surface area contributed by atoms with Crippen LogP contribution in [-0.4, -0.2) is 102 Å². The molecule has 8 N–H and O–H groups in total. The van der Waals surface area contributed by atoms with Gasteiger partial charge in [-0.2, -0.15) is 0 Å². The SMILES string of the molecule is CCCCCCCCC/C=C/C=C\C(=O)NCC(=O)N[C@@H]1[C@H](O)[C@H](O)[C@H](Nc2ncnc3nc[nH]c23)O[C@@H]1[C@H](O)CO. The molecule has 6 atom stereocenters. The van der Waals surface area contributed by atoms with Crippen LogP contribution in [0.3, 0.4) is 0 Å². The molecule has 0 bridgehead atoms. The topological polar surface area (TPSA) is 215 Å². The summed E-state index contributed by atoms with van der Waals surface area (Å²) in [4.78, 5) is 39.6. The normalized spacial score (nSPS) is 23.4. The average Bonchev–Trinajstić information content (AvgIpc) is 3.48. The minimum Gasteiger partial charge on any atom is -0.394 e. The maximum absolute atomic E-state index is 12.6. The molecule has 1 fully saturated rings. The number of carbonyl (C=O) groups excluding carboxylic acids is 2. The van der Waals surface area contributed by atoms with E-state index in [9.17, 15) is 30.0 Å². The Morgan fingerprint density at radius 3 is 2.60 bits per heavy atom. The van der Waals surface area contributed by atoms with Crippen molar-refractivity contribution in [1.29, 1.82) is 0 Å². The van der Waals surface area contributed by atoms with E-state index in [0.29, 0.717) is 11.2 Å². The average molecular weight is 590 g/mol. The van der Waals surface area contributed by atoms with E-state index in [1.807, 2.05) is 6.08 Å². The highest BCUT2D eigenvalue weighted by atomic mass is 16.5. The number of hydrogen-bond acceptors (Lipinski definition) is 11. The molecule has 1 aliphatic rings. The number of aliphatic hydroxyl groups excluding tert-OH is 4. The number of H-pyrrole nitrogens is 1. The molecule has 42 heavy (non-hydrogen) atoms. The predicted octanol–water partition coefficient (Wildman–Crippen LogP) is 0.419. The van der Waals surface area contributed by atoms with E-state index in [1.165, 1.54) is 57.3 Å². The summed E-state index contributed by atoms with van der Waals surface area (Å²) < 4.78 is 5.77. The zero-order valence-corrected chi connectivity index (χ0v) is 23.9. The van der Waals surface area contributed by atoms with Gasteiger partial charge in [0.05, 0.1) is 25.5 Å². The summed E-state index contributed by atoms with van der Waals surface area (Å²) in [5, 5.41) is 49.2. The van der Waals surface area contributed by atoms with Gasteiger partial charge in [0.2, 0.25) is 11.8 Å². The van der Waals surface area contributed by atoms with Gasteiger partial charge in [0.1, 0.15) is 36.3 Å². The summed E-state index contributed by atoms with van der Waals surface area (Å²) in [6, 6.07) is -1.30. The molecule has 3 heterocycles. The number of hydrogen-bond donors (Lipinski definition) is 8. The predicted molar refractivity (Wildman–Crippen MR) is 155 cm³/mol. The smallest absolute Gasteiger partial charge is 0.244 e. The van der Waals surface area contributed by atoms with Gasteiger partial charge in [-0.1, -0.05) is 63.7 Å². The van der Waals surface area contributed by atoms with Crippen LogP contribution < -0.4 is 16.0 Å². The van der Waals surface area contributed by atoms with Gasteiger partial charge in [0, 0.05) is 6.08 Å². The van der Waals surface area contributed by atoms with Crippen LogP contribution in [0.2, 0.25) is 0 Å². The lowest BCUT2D eigenvalue weighted by molar-refractivity contribution is -0.204. The van der Waals surface area contributed by atoms with Gasteiger partial charge in [-0.15, -0.1) is 0 Å². The summed E-state index contributed by atoms with van der Waals surface area (Å²) in [6.07, 6.45) is 11.6. The van der Waals surface area contributed by atoms with Gasteiger partial charge >= 0.3 is 0 Å². The summed E-state index contributed by atoms with van der Waals surface area (Å²) >= 11 is 0. The molecule has 14 heteroatoms. The maximum atomic E-state index is 12.6. The Kier molecular flexibility index (Phi) is 13.8. The first-order chi connectivity index (χ1) is 20.3. The van der Waals surface area contributed by atoms with Gasteiger partial charge in [-0.25, -0.2) is 15.0 Å². The molecule has 0 aromatic carbocycles. The van der Waals surface area contributed by atoms with Gasteiger partial charge in [-0.3, -0.25) is 9.59 Å². The van der Waals surface area contributed by atoms with E-state index in [0.717, 1.165) is 12.8 Å². The Balaban J connectivity index is 1.46. The molecule has 0 radical (unpaired) electrons. The number of amides is 2. The van der Waals surface area contributed by atoms with E-state index < -0.39 is 61.7 Å². The first-order valence-corrected chi connectivity index (χ1v) is 14.5. The first-order valence-electron chi connectivity index (χ1n) is 14.5. The molecule has 3 rings (SSSR count). The number of aromatic nitrogens is 4. The van der Waals surface area contributed by atoms with Crippen LogP contribution in [0.1, 0.15) is 58.3 Å². The third kappa shape index (κ3) is 9.84. The molecule has 0 spiro atoms. The van der Waals surface area contributed by atoms with Crippen molar-refractivity contribution in [3.63, 3.8) is 0 Å². The van der Waals surface area contributed by atoms with Gasteiger partial charge in [0.15, 0.2) is 17.7 Å². The number of allylic oxidation sites excluding steroid dienone is 3.